The highest BCUT2D eigenvalue weighted by atomic mass is 16.8. The highest BCUT2D eigenvalue weighted by molar-refractivity contribution is 5.94. The molecule has 1 aromatic carbocycles. The zero-order chi connectivity index (χ0) is 39.7. The van der Waals surface area contributed by atoms with Gasteiger partial charge in [0.05, 0.1) is 31.4 Å². The number of fused-ring (bicyclic) bond motifs is 5. The molecule has 2 amide bonds. The molecule has 10 unspecified atom stereocenters. The maximum atomic E-state index is 14.6. The van der Waals surface area contributed by atoms with Crippen molar-refractivity contribution < 1.29 is 52.8 Å². The number of aliphatic hydroxyl groups excluding tert-OH is 1. The Morgan fingerprint density at radius 1 is 0.982 bits per heavy atom. The molecule has 14 heteroatoms. The van der Waals surface area contributed by atoms with E-state index in [-0.39, 0.29) is 57.2 Å². The van der Waals surface area contributed by atoms with Crippen LogP contribution in [0.3, 0.4) is 0 Å². The van der Waals surface area contributed by atoms with Gasteiger partial charge < -0.3 is 39.4 Å². The van der Waals surface area contributed by atoms with E-state index in [4.69, 9.17) is 28.5 Å². The Bertz CT molecular complexity index is 1740. The van der Waals surface area contributed by atoms with E-state index in [0.717, 1.165) is 56.1 Å². The minimum Gasteiger partial charge on any atom is -0.460 e. The summed E-state index contributed by atoms with van der Waals surface area (Å²) in [6, 6.07) is 6.45. The van der Waals surface area contributed by atoms with Crippen LogP contribution in [0.25, 0.3) is 6.08 Å². The van der Waals surface area contributed by atoms with Crippen molar-refractivity contribution in [2.45, 2.75) is 158 Å². The lowest BCUT2D eigenvalue weighted by Gasteiger charge is -2.48. The molecule has 1 aromatic rings. The largest absolute Gasteiger partial charge is 0.460 e. The van der Waals surface area contributed by atoms with Gasteiger partial charge in [-0.3, -0.25) is 24.0 Å². The second kappa shape index (κ2) is 15.0. The number of esters is 2. The summed E-state index contributed by atoms with van der Waals surface area (Å²) in [5, 5.41) is 17.2. The predicted octanol–water partition coefficient (Wildman–Crippen LogP) is 3.47. The molecular weight excluding hydrogens is 734 g/mol. The lowest BCUT2D eigenvalue weighted by molar-refractivity contribution is -0.235. The van der Waals surface area contributed by atoms with Gasteiger partial charge in [0.15, 0.2) is 11.8 Å². The molecule has 14 nitrogen and oxygen atoms in total. The van der Waals surface area contributed by atoms with E-state index in [9.17, 15) is 24.3 Å². The number of hydrogen-bond acceptors (Lipinski definition) is 12. The van der Waals surface area contributed by atoms with Crippen molar-refractivity contribution in [1.29, 1.82) is 0 Å². The fraction of sp³-hybridized carbons (Fsp3) is 0.721. The van der Waals surface area contributed by atoms with Crippen LogP contribution < -0.4 is 10.6 Å². The summed E-state index contributed by atoms with van der Waals surface area (Å²) in [5.41, 5.74) is 0.0107. The van der Waals surface area contributed by atoms with Crippen LogP contribution >= 0.6 is 0 Å². The van der Waals surface area contributed by atoms with Crippen LogP contribution in [0.4, 0.5) is 0 Å². The van der Waals surface area contributed by atoms with E-state index in [2.05, 4.69) is 34.9 Å². The van der Waals surface area contributed by atoms with Crippen molar-refractivity contribution in [2.75, 3.05) is 13.2 Å². The fourth-order valence-electron chi connectivity index (χ4n) is 10.1. The number of ether oxygens (including phenoxy) is 5. The molecule has 9 rings (SSSR count). The number of carbonyl (C=O) groups excluding carboxylic acids is 4. The number of amides is 2. The van der Waals surface area contributed by atoms with Crippen molar-refractivity contribution in [3.63, 3.8) is 0 Å². The van der Waals surface area contributed by atoms with Crippen molar-refractivity contribution in [1.82, 2.24) is 15.7 Å². The molecule has 0 spiro atoms. The molecule has 310 valence electrons. The molecule has 3 N–H and O–H groups in total. The van der Waals surface area contributed by atoms with Crippen LogP contribution in [0.15, 0.2) is 30.3 Å². The molecule has 4 saturated carbocycles. The highest BCUT2D eigenvalue weighted by Crippen LogP contribution is 2.63. The Labute approximate surface area is 333 Å². The standard InChI is InChI=1S/C43H57N3O11/c1-41(2,3)54-34(49)17-15-29(23-47)45-33(48)18-19-44-40(51)42-21-32-35-36(56-43(55-35,27-11-12-27)28-13-14-28)38(42)57-46(37(42)39(50)53-32)22-26-8-5-24(6-9-26)4-7-25-10-16-30-31(20-25)52-30/h4-9,25,27-32,35-38,47H,10-23H2,1-3H3,(H,44,51)(H,45,48). The number of carbonyl (C=O) groups is 4. The minimum atomic E-state index is -1.35. The number of benzene rings is 1. The van der Waals surface area contributed by atoms with Crippen molar-refractivity contribution in [3.8, 4) is 0 Å². The normalized spacial score (nSPS) is 35.5. The summed E-state index contributed by atoms with van der Waals surface area (Å²) in [5.74, 6) is -1.47. The number of hydrogen-bond donors (Lipinski definition) is 3. The maximum absolute atomic E-state index is 14.6. The zero-order valence-corrected chi connectivity index (χ0v) is 33.2. The van der Waals surface area contributed by atoms with Gasteiger partial charge >= 0.3 is 11.9 Å². The molecule has 0 radical (unpaired) electrons. The Morgan fingerprint density at radius 2 is 1.72 bits per heavy atom. The zero-order valence-electron chi connectivity index (χ0n) is 33.2. The van der Waals surface area contributed by atoms with Gasteiger partial charge in [-0.15, -0.1) is 0 Å². The van der Waals surface area contributed by atoms with Crippen molar-refractivity contribution in [2.24, 2.45) is 23.2 Å². The molecule has 8 fully saturated rings. The van der Waals surface area contributed by atoms with Gasteiger partial charge in [0.2, 0.25) is 11.8 Å². The number of aliphatic hydroxyl groups is 1. The monoisotopic (exact) mass is 791 g/mol. The molecule has 4 heterocycles. The summed E-state index contributed by atoms with van der Waals surface area (Å²) < 4.78 is 31.0. The Hall–Kier alpha value is -3.40. The third-order valence-electron chi connectivity index (χ3n) is 13.2. The lowest BCUT2D eigenvalue weighted by atomic mass is 9.62. The average molecular weight is 792 g/mol. The number of rotatable bonds is 15. The number of nitrogens with one attached hydrogen (secondary N) is 2. The van der Waals surface area contributed by atoms with Crippen LogP contribution in [-0.2, 0) is 54.2 Å². The van der Waals surface area contributed by atoms with Gasteiger partial charge in [0.1, 0.15) is 35.4 Å². The first-order valence-electron chi connectivity index (χ1n) is 21.2. The molecular formula is C43H57N3O11. The maximum Gasteiger partial charge on any atom is 0.327 e. The summed E-state index contributed by atoms with van der Waals surface area (Å²) in [7, 11) is 0. The molecule has 0 aromatic heterocycles. The van der Waals surface area contributed by atoms with Gasteiger partial charge in [-0.1, -0.05) is 36.4 Å². The van der Waals surface area contributed by atoms with E-state index in [0.29, 0.717) is 18.1 Å². The Balaban J connectivity index is 0.893. The summed E-state index contributed by atoms with van der Waals surface area (Å²) in [4.78, 5) is 60.7. The van der Waals surface area contributed by atoms with Gasteiger partial charge in [-0.05, 0) is 89.2 Å². The van der Waals surface area contributed by atoms with Gasteiger partial charge in [0.25, 0.3) is 0 Å². The fourth-order valence-corrected chi connectivity index (χ4v) is 10.1. The first kappa shape index (κ1) is 39.1. The molecule has 4 saturated heterocycles. The van der Waals surface area contributed by atoms with Gasteiger partial charge in [-0.25, -0.2) is 0 Å². The molecule has 8 aliphatic rings. The van der Waals surface area contributed by atoms with Crippen LogP contribution in [0, 0.1) is 23.2 Å². The number of nitrogens with zero attached hydrogens (tertiary/aromatic N) is 1. The second-order valence-electron chi connectivity index (χ2n) is 18.6. The first-order chi connectivity index (χ1) is 27.3. The smallest absolute Gasteiger partial charge is 0.327 e. The predicted molar refractivity (Wildman–Crippen MR) is 202 cm³/mol. The molecule has 10 atom stereocenters. The Kier molecular flexibility index (Phi) is 10.3. The minimum absolute atomic E-state index is 0.0145. The lowest BCUT2D eigenvalue weighted by Crippen LogP contribution is -2.69. The number of hydroxylamine groups is 2. The molecule has 2 bridgehead atoms. The van der Waals surface area contributed by atoms with E-state index in [1.807, 2.05) is 12.1 Å². The summed E-state index contributed by atoms with van der Waals surface area (Å²) in [6.07, 6.45) is 10.4. The highest BCUT2D eigenvalue weighted by Gasteiger charge is 2.78. The van der Waals surface area contributed by atoms with E-state index < -0.39 is 77.1 Å². The molecule has 4 aliphatic carbocycles. The SMILES string of the molecule is CC(C)(C)OC(=O)CCC(CO)NC(=O)CCNC(=O)C12CC3OC(=O)C1N(Cc1ccc(C=CC4CCC5OC5C4)cc1)OC2C1OC(C2CC2)(C2CC2)OC31. The summed E-state index contributed by atoms with van der Waals surface area (Å²) >= 11 is 0. The average Bonchev–Trinajstić information content (AvgIpc) is 4.07. The summed E-state index contributed by atoms with van der Waals surface area (Å²) in [6.45, 7) is 5.20. The van der Waals surface area contributed by atoms with Crippen molar-refractivity contribution in [3.05, 3.63) is 41.5 Å². The molecule has 4 aliphatic heterocycles. The second-order valence-corrected chi connectivity index (χ2v) is 18.6. The number of epoxide rings is 1. The quantitative estimate of drug-likeness (QED) is 0.175. The van der Waals surface area contributed by atoms with E-state index in [1.54, 1.807) is 25.8 Å². The van der Waals surface area contributed by atoms with Crippen LogP contribution in [-0.4, -0.2) is 107 Å². The number of allylic oxidation sites excluding steroid dienone is 1. The van der Waals surface area contributed by atoms with Gasteiger partial charge in [0, 0.05) is 37.6 Å². The van der Waals surface area contributed by atoms with Gasteiger partial charge in [-0.2, -0.15) is 5.06 Å². The third-order valence-corrected chi connectivity index (χ3v) is 13.2. The molecule has 57 heavy (non-hydrogen) atoms. The van der Waals surface area contributed by atoms with Crippen molar-refractivity contribution >= 4 is 29.8 Å². The third kappa shape index (κ3) is 7.78. The van der Waals surface area contributed by atoms with E-state index >= 15 is 0 Å². The first-order valence-corrected chi connectivity index (χ1v) is 21.2. The van der Waals surface area contributed by atoms with Crippen LogP contribution in [0.5, 0.6) is 0 Å². The van der Waals surface area contributed by atoms with Crippen LogP contribution in [0.1, 0.15) is 103 Å². The van der Waals surface area contributed by atoms with Crippen LogP contribution in [0.2, 0.25) is 0 Å². The topological polar surface area (TPSA) is 174 Å². The van der Waals surface area contributed by atoms with E-state index in [1.165, 1.54) is 0 Å². The Morgan fingerprint density at radius 3 is 2.40 bits per heavy atom.